The van der Waals surface area contributed by atoms with Gasteiger partial charge in [0.15, 0.2) is 0 Å². The van der Waals surface area contributed by atoms with Crippen LogP contribution in [-0.4, -0.2) is 20.0 Å². The van der Waals surface area contributed by atoms with Crippen LogP contribution in [0.15, 0.2) is 24.0 Å². The first-order valence-corrected chi connectivity index (χ1v) is 11.1. The van der Waals surface area contributed by atoms with Gasteiger partial charge in [-0.25, -0.2) is 0 Å². The van der Waals surface area contributed by atoms with E-state index in [4.69, 9.17) is 4.43 Å². The van der Waals surface area contributed by atoms with Gasteiger partial charge >= 0.3 is 0 Å². The van der Waals surface area contributed by atoms with E-state index in [1.54, 1.807) is 0 Å². The van der Waals surface area contributed by atoms with Crippen LogP contribution in [0.1, 0.15) is 54.9 Å². The highest BCUT2D eigenvalue weighted by molar-refractivity contribution is 6.77. The van der Waals surface area contributed by atoms with Gasteiger partial charge in [-0.15, -0.1) is 0 Å². The number of fused-ring (bicyclic) bond motifs is 1. The summed E-state index contributed by atoms with van der Waals surface area (Å²) in [6.07, 6.45) is 7.72. The molecule has 2 rings (SSSR count). The largest absolute Gasteiger partial charge is 0.545 e. The van der Waals surface area contributed by atoms with Gasteiger partial charge in [-0.1, -0.05) is 53.7 Å². The van der Waals surface area contributed by atoms with Crippen LogP contribution in [-0.2, 0) is 4.43 Å². The van der Waals surface area contributed by atoms with E-state index >= 15 is 0 Å². The van der Waals surface area contributed by atoms with Crippen molar-refractivity contribution in [2.75, 3.05) is 6.61 Å². The van der Waals surface area contributed by atoms with E-state index < -0.39 is 8.32 Å². The number of hydrogen-bond donors (Lipinski definition) is 1. The van der Waals surface area contributed by atoms with Crippen molar-refractivity contribution < 1.29 is 9.53 Å². The van der Waals surface area contributed by atoms with Gasteiger partial charge < -0.3 is 9.53 Å². The molecule has 0 aromatic heterocycles. The van der Waals surface area contributed by atoms with E-state index in [0.717, 1.165) is 12.2 Å². The lowest BCUT2D eigenvalue weighted by molar-refractivity contribution is 0.179. The summed E-state index contributed by atoms with van der Waals surface area (Å²) in [5.74, 6) is 2.15. The third-order valence-corrected chi connectivity index (χ3v) is 12.2. The first-order valence-electron chi connectivity index (χ1n) is 8.92. The van der Waals surface area contributed by atoms with Gasteiger partial charge in [0.2, 0.25) is 0 Å². The molecule has 0 amide bonds. The van der Waals surface area contributed by atoms with Crippen molar-refractivity contribution in [2.45, 2.75) is 71.5 Å². The van der Waals surface area contributed by atoms with Gasteiger partial charge in [-0.2, -0.15) is 0 Å². The predicted molar refractivity (Wildman–Crippen MR) is 96.1 cm³/mol. The van der Waals surface area contributed by atoms with E-state index in [1.165, 1.54) is 0 Å². The molecule has 126 valence electrons. The lowest BCUT2D eigenvalue weighted by Gasteiger charge is -2.44. The Balaban J connectivity index is 2.32. The average Bonchev–Trinajstić information content (AvgIpc) is 2.90. The fourth-order valence-electron chi connectivity index (χ4n) is 5.17. The summed E-state index contributed by atoms with van der Waals surface area (Å²) in [6.45, 7) is 16.2. The van der Waals surface area contributed by atoms with Crippen molar-refractivity contribution in [2.24, 2.45) is 17.3 Å². The van der Waals surface area contributed by atoms with Gasteiger partial charge in [0, 0.05) is 0 Å². The van der Waals surface area contributed by atoms with Crippen LogP contribution in [0.25, 0.3) is 0 Å². The fourth-order valence-corrected chi connectivity index (χ4v) is 10.5. The van der Waals surface area contributed by atoms with Gasteiger partial charge in [0.05, 0.1) is 17.8 Å². The summed E-state index contributed by atoms with van der Waals surface area (Å²) in [5, 5.41) is 10.1. The first-order chi connectivity index (χ1) is 10.3. The molecule has 1 saturated carbocycles. The number of rotatable bonds is 7. The van der Waals surface area contributed by atoms with E-state index in [2.05, 4.69) is 66.7 Å². The molecule has 0 saturated heterocycles. The molecule has 2 aliphatic rings. The molecule has 2 aliphatic carbocycles. The van der Waals surface area contributed by atoms with E-state index in [0.29, 0.717) is 28.5 Å². The minimum Gasteiger partial charge on any atom is -0.545 e. The van der Waals surface area contributed by atoms with Crippen molar-refractivity contribution in [1.82, 2.24) is 0 Å². The van der Waals surface area contributed by atoms with Gasteiger partial charge in [0.1, 0.15) is 0 Å². The van der Waals surface area contributed by atoms with Crippen LogP contribution in [0.4, 0.5) is 0 Å². The summed E-state index contributed by atoms with van der Waals surface area (Å²) in [6, 6.07) is 0. The Hall–Kier alpha value is -0.543. The van der Waals surface area contributed by atoms with Gasteiger partial charge in [-0.3, -0.25) is 0 Å². The topological polar surface area (TPSA) is 29.5 Å². The summed E-state index contributed by atoms with van der Waals surface area (Å²) in [5.41, 5.74) is 1.61. The molecule has 2 nitrogen and oxygen atoms in total. The van der Waals surface area contributed by atoms with E-state index in [9.17, 15) is 5.11 Å². The van der Waals surface area contributed by atoms with Crippen LogP contribution >= 0.6 is 0 Å². The maximum absolute atomic E-state index is 10.1. The number of hydrogen-bond acceptors (Lipinski definition) is 2. The summed E-state index contributed by atoms with van der Waals surface area (Å²) in [4.78, 5) is 0. The van der Waals surface area contributed by atoms with Crippen molar-refractivity contribution in [3.05, 3.63) is 24.0 Å². The van der Waals surface area contributed by atoms with Crippen LogP contribution in [0.5, 0.6) is 0 Å². The lowest BCUT2D eigenvalue weighted by Crippen LogP contribution is -2.48. The molecule has 3 heteroatoms. The summed E-state index contributed by atoms with van der Waals surface area (Å²) >= 11 is 0. The van der Waals surface area contributed by atoms with E-state index in [1.807, 2.05) is 0 Å². The summed E-state index contributed by atoms with van der Waals surface area (Å²) in [7, 11) is -1.93. The average molecular weight is 323 g/mol. The molecular formula is C19H34O2Si. The zero-order valence-electron chi connectivity index (χ0n) is 15.4. The van der Waals surface area contributed by atoms with Gasteiger partial charge in [-0.05, 0) is 47.9 Å². The van der Waals surface area contributed by atoms with Crippen LogP contribution in [0.3, 0.4) is 0 Å². The third kappa shape index (κ3) is 2.32. The lowest BCUT2D eigenvalue weighted by atomic mass is 10.0. The zero-order valence-corrected chi connectivity index (χ0v) is 16.4. The van der Waals surface area contributed by atoms with Crippen molar-refractivity contribution in [3.8, 4) is 0 Å². The molecule has 0 radical (unpaired) electrons. The first kappa shape index (κ1) is 17.8. The van der Waals surface area contributed by atoms with Crippen LogP contribution < -0.4 is 0 Å². The molecule has 0 aromatic carbocycles. The normalized spacial score (nSPS) is 31.3. The summed E-state index contributed by atoms with van der Waals surface area (Å²) < 4.78 is 6.91. The standard InChI is InChI=1S/C19H34O2Si/c1-8-9-16-17-10-11-18(19(16,17)12-20)21-22(13(2)3,14(4)5)15(6)7/h8-9,11,13-17,20H,10,12H2,1-7H3/b9-8+/t16-,17-,19+/m1/s1. The molecular weight excluding hydrogens is 288 g/mol. The van der Waals surface area contributed by atoms with Crippen LogP contribution in [0.2, 0.25) is 16.6 Å². The third-order valence-electron chi connectivity index (χ3n) is 6.25. The molecule has 22 heavy (non-hydrogen) atoms. The SMILES string of the molecule is C/C=C/[C@@H]1[C@H]2CC=C(O[Si](C(C)C)(C(C)C)C(C)C)[C@@]12CO. The Morgan fingerprint density at radius 1 is 1.23 bits per heavy atom. The molecule has 0 aromatic rings. The quantitative estimate of drug-likeness (QED) is 0.511. The van der Waals surface area contributed by atoms with E-state index in [-0.39, 0.29) is 12.0 Å². The second-order valence-electron chi connectivity index (χ2n) is 8.08. The highest BCUT2D eigenvalue weighted by Crippen LogP contribution is 2.70. The van der Waals surface area contributed by atoms with Crippen molar-refractivity contribution in [1.29, 1.82) is 0 Å². The molecule has 0 bridgehead atoms. The maximum atomic E-state index is 10.1. The maximum Gasteiger partial charge on any atom is 0.258 e. The molecule has 0 unspecified atom stereocenters. The monoisotopic (exact) mass is 322 g/mol. The Morgan fingerprint density at radius 2 is 1.77 bits per heavy atom. The molecule has 0 spiro atoms. The minimum atomic E-state index is -1.93. The number of allylic oxidation sites excluding steroid dienone is 3. The Kier molecular flexibility index (Phi) is 4.99. The fraction of sp³-hybridized carbons (Fsp3) is 0.789. The molecule has 3 atom stereocenters. The Morgan fingerprint density at radius 3 is 2.18 bits per heavy atom. The Labute approximate surface area is 137 Å². The zero-order chi connectivity index (χ0) is 16.7. The molecule has 1 N–H and O–H groups in total. The second-order valence-corrected chi connectivity index (χ2v) is 13.5. The smallest absolute Gasteiger partial charge is 0.258 e. The molecule has 0 heterocycles. The number of aliphatic hydroxyl groups is 1. The van der Waals surface area contributed by atoms with Crippen LogP contribution in [0, 0.1) is 17.3 Å². The predicted octanol–water partition coefficient (Wildman–Crippen LogP) is 5.27. The minimum absolute atomic E-state index is 0.108. The molecule has 1 fully saturated rings. The highest BCUT2D eigenvalue weighted by Gasteiger charge is 2.69. The highest BCUT2D eigenvalue weighted by atomic mass is 28.4. The molecule has 0 aliphatic heterocycles. The van der Waals surface area contributed by atoms with Crippen molar-refractivity contribution in [3.63, 3.8) is 0 Å². The van der Waals surface area contributed by atoms with Crippen molar-refractivity contribution >= 4 is 8.32 Å². The number of aliphatic hydroxyl groups excluding tert-OH is 1. The van der Waals surface area contributed by atoms with Gasteiger partial charge in [0.25, 0.3) is 8.32 Å². The second kappa shape index (κ2) is 6.16. The Bertz CT molecular complexity index is 442.